The van der Waals surface area contributed by atoms with Crippen LogP contribution in [0.2, 0.25) is 0 Å². The Balaban J connectivity index is 1.20. The van der Waals surface area contributed by atoms with Gasteiger partial charge in [0.1, 0.15) is 5.75 Å². The Morgan fingerprint density at radius 3 is 2.11 bits per heavy atom. The lowest BCUT2D eigenvalue weighted by Crippen LogP contribution is -2.43. The van der Waals surface area contributed by atoms with E-state index < -0.39 is 23.5 Å². The van der Waals surface area contributed by atoms with Crippen LogP contribution in [-0.4, -0.2) is 23.0 Å². The van der Waals surface area contributed by atoms with Crippen molar-refractivity contribution in [3.8, 4) is 17.7 Å². The summed E-state index contributed by atoms with van der Waals surface area (Å²) < 4.78 is 85.8. The third kappa shape index (κ3) is 7.91. The summed E-state index contributed by atoms with van der Waals surface area (Å²) in [4.78, 5) is 6.71. The van der Waals surface area contributed by atoms with Crippen molar-refractivity contribution in [2.45, 2.75) is 57.5 Å². The van der Waals surface area contributed by atoms with E-state index in [2.05, 4.69) is 27.8 Å². The monoisotopic (exact) mass is 614 g/mol. The zero-order valence-corrected chi connectivity index (χ0v) is 23.9. The van der Waals surface area contributed by atoms with E-state index in [0.29, 0.717) is 35.4 Å². The van der Waals surface area contributed by atoms with Crippen molar-refractivity contribution in [1.82, 2.24) is 15.2 Å². The number of pyridine rings is 1. The fraction of sp³-hybridized carbons (Fsp3) is 0.394. The molecule has 5 nitrogen and oxygen atoms in total. The van der Waals surface area contributed by atoms with Gasteiger partial charge in [-0.3, -0.25) is 4.90 Å². The smallest absolute Gasteiger partial charge is 0.416 e. The number of ether oxygens (including phenoxy) is 1. The SMILES string of the molecule is C=C(NCc1cc(C(F)(F)F)cc(C(F)(F)F)c1)C1(CC2CC2)CCN(Cc2ccc(Oc3ccc(C#N)cc3)nc2)CC1. The van der Waals surface area contributed by atoms with Crippen LogP contribution in [0.3, 0.4) is 0 Å². The minimum atomic E-state index is -4.89. The van der Waals surface area contributed by atoms with E-state index in [4.69, 9.17) is 10.00 Å². The fourth-order valence-electron chi connectivity index (χ4n) is 5.70. The van der Waals surface area contributed by atoms with Gasteiger partial charge < -0.3 is 10.1 Å². The number of piperidine rings is 1. The Hall–Kier alpha value is -4.04. The molecular formula is C33H32F6N4O. The van der Waals surface area contributed by atoms with Crippen molar-refractivity contribution in [2.75, 3.05) is 13.1 Å². The highest BCUT2D eigenvalue weighted by Gasteiger charge is 2.42. The topological polar surface area (TPSA) is 61.2 Å². The molecule has 1 N–H and O–H groups in total. The van der Waals surface area contributed by atoms with Gasteiger partial charge in [0.15, 0.2) is 0 Å². The number of likely N-dealkylation sites (tertiary alicyclic amines) is 1. The maximum Gasteiger partial charge on any atom is 0.416 e. The summed E-state index contributed by atoms with van der Waals surface area (Å²) in [5.74, 6) is 1.57. The lowest BCUT2D eigenvalue weighted by Gasteiger charge is -2.44. The highest BCUT2D eigenvalue weighted by molar-refractivity contribution is 5.36. The van der Waals surface area contributed by atoms with Gasteiger partial charge in [-0.15, -0.1) is 0 Å². The standard InChI is InChI=1S/C33H32F6N4O/c1-22(41-20-26-14-27(32(34,35)36)16-28(15-26)33(37,38)39)31(17-23-2-3-23)10-12-43(13-11-31)21-25-6-9-30(42-19-25)44-29-7-4-24(18-40)5-8-29/h4-9,14-16,19,23,41H,1-3,10-13,17,20-21H2. The van der Waals surface area contributed by atoms with Gasteiger partial charge in [0.25, 0.3) is 0 Å². The van der Waals surface area contributed by atoms with Gasteiger partial charge in [0.05, 0.1) is 22.8 Å². The second kappa shape index (κ2) is 12.5. The molecule has 0 unspecified atom stereocenters. The van der Waals surface area contributed by atoms with Gasteiger partial charge >= 0.3 is 12.4 Å². The maximum atomic E-state index is 13.3. The van der Waals surface area contributed by atoms with Crippen molar-refractivity contribution >= 4 is 0 Å². The molecule has 11 heteroatoms. The average molecular weight is 615 g/mol. The molecule has 0 radical (unpaired) electrons. The third-order valence-electron chi connectivity index (χ3n) is 8.39. The fourth-order valence-corrected chi connectivity index (χ4v) is 5.70. The first-order valence-electron chi connectivity index (χ1n) is 14.4. The molecule has 1 saturated heterocycles. The molecule has 1 saturated carbocycles. The van der Waals surface area contributed by atoms with Gasteiger partial charge in [-0.2, -0.15) is 31.6 Å². The first-order valence-corrected chi connectivity index (χ1v) is 14.4. The van der Waals surface area contributed by atoms with Gasteiger partial charge in [0, 0.05) is 36.5 Å². The molecular weight excluding hydrogens is 582 g/mol. The van der Waals surface area contributed by atoms with Crippen molar-refractivity contribution in [3.63, 3.8) is 0 Å². The first-order chi connectivity index (χ1) is 20.8. The Bertz CT molecular complexity index is 1470. The van der Waals surface area contributed by atoms with Crippen molar-refractivity contribution in [2.24, 2.45) is 11.3 Å². The number of rotatable bonds is 10. The molecule has 232 valence electrons. The van der Waals surface area contributed by atoms with E-state index in [9.17, 15) is 26.3 Å². The molecule has 3 aromatic rings. The number of allylic oxidation sites excluding steroid dienone is 1. The van der Waals surface area contributed by atoms with Crippen LogP contribution in [0.25, 0.3) is 0 Å². The van der Waals surface area contributed by atoms with Crippen LogP contribution in [0.15, 0.2) is 73.1 Å². The summed E-state index contributed by atoms with van der Waals surface area (Å²) in [5, 5.41) is 12.0. The molecule has 1 aliphatic heterocycles. The molecule has 1 aromatic heterocycles. The lowest BCUT2D eigenvalue weighted by atomic mass is 9.72. The number of halogens is 6. The molecule has 2 aromatic carbocycles. The van der Waals surface area contributed by atoms with Crippen molar-refractivity contribution in [1.29, 1.82) is 5.26 Å². The second-order valence-electron chi connectivity index (χ2n) is 11.7. The van der Waals surface area contributed by atoms with E-state index in [-0.39, 0.29) is 23.6 Å². The zero-order chi connectivity index (χ0) is 31.5. The zero-order valence-electron chi connectivity index (χ0n) is 23.9. The molecule has 44 heavy (non-hydrogen) atoms. The molecule has 0 atom stereocenters. The van der Waals surface area contributed by atoms with Crippen LogP contribution in [0.5, 0.6) is 11.6 Å². The molecule has 2 fully saturated rings. The summed E-state index contributed by atoms with van der Waals surface area (Å²) in [6.45, 7) is 6.26. The van der Waals surface area contributed by atoms with Gasteiger partial charge in [0.2, 0.25) is 5.88 Å². The third-order valence-corrected chi connectivity index (χ3v) is 8.39. The average Bonchev–Trinajstić information content (AvgIpc) is 3.81. The number of hydrogen-bond donors (Lipinski definition) is 1. The van der Waals surface area contributed by atoms with E-state index in [0.717, 1.165) is 62.9 Å². The van der Waals surface area contributed by atoms with Crippen LogP contribution >= 0.6 is 0 Å². The van der Waals surface area contributed by atoms with E-state index >= 15 is 0 Å². The predicted octanol–water partition coefficient (Wildman–Crippen LogP) is 8.47. The van der Waals surface area contributed by atoms with Crippen molar-refractivity contribution in [3.05, 3.63) is 101 Å². The summed E-state index contributed by atoms with van der Waals surface area (Å²) in [6.07, 6.45) is -3.34. The van der Waals surface area contributed by atoms with Crippen LogP contribution in [0.4, 0.5) is 26.3 Å². The molecule has 1 aliphatic carbocycles. The Morgan fingerprint density at radius 2 is 1.59 bits per heavy atom. The molecule has 0 bridgehead atoms. The van der Waals surface area contributed by atoms with Crippen molar-refractivity contribution < 1.29 is 31.1 Å². The van der Waals surface area contributed by atoms with Crippen LogP contribution in [-0.2, 0) is 25.4 Å². The number of hydrogen-bond acceptors (Lipinski definition) is 5. The minimum absolute atomic E-state index is 0.0913. The highest BCUT2D eigenvalue weighted by Crippen LogP contribution is 2.49. The van der Waals surface area contributed by atoms with E-state index in [1.54, 1.807) is 36.5 Å². The summed E-state index contributed by atoms with van der Waals surface area (Å²) in [5.41, 5.74) is -0.805. The molecule has 2 aliphatic rings. The van der Waals surface area contributed by atoms with Gasteiger partial charge in [-0.1, -0.05) is 25.5 Å². The number of benzene rings is 2. The quantitative estimate of drug-likeness (QED) is 0.232. The van der Waals surface area contributed by atoms with Gasteiger partial charge in [-0.05, 0) is 91.9 Å². The lowest BCUT2D eigenvalue weighted by molar-refractivity contribution is -0.143. The normalized spacial score (nSPS) is 17.1. The number of nitrogens with one attached hydrogen (secondary N) is 1. The number of alkyl halides is 6. The predicted molar refractivity (Wildman–Crippen MR) is 152 cm³/mol. The molecule has 0 spiro atoms. The van der Waals surface area contributed by atoms with Crippen LogP contribution < -0.4 is 10.1 Å². The van der Waals surface area contributed by atoms with E-state index in [1.165, 1.54) is 0 Å². The molecule has 5 rings (SSSR count). The Morgan fingerprint density at radius 1 is 0.955 bits per heavy atom. The molecule has 0 amide bonds. The Labute approximate surface area is 252 Å². The Kier molecular flexibility index (Phi) is 8.93. The van der Waals surface area contributed by atoms with Gasteiger partial charge in [-0.25, -0.2) is 4.98 Å². The van der Waals surface area contributed by atoms with Crippen LogP contribution in [0.1, 0.15) is 59.9 Å². The maximum absolute atomic E-state index is 13.3. The number of nitriles is 1. The largest absolute Gasteiger partial charge is 0.439 e. The number of nitrogens with zero attached hydrogens (tertiary/aromatic N) is 3. The van der Waals surface area contributed by atoms with E-state index in [1.807, 2.05) is 6.07 Å². The summed E-state index contributed by atoms with van der Waals surface area (Å²) in [7, 11) is 0. The minimum Gasteiger partial charge on any atom is -0.439 e. The summed E-state index contributed by atoms with van der Waals surface area (Å²) in [6, 6.07) is 14.2. The highest BCUT2D eigenvalue weighted by atomic mass is 19.4. The first kappa shape index (κ1) is 31.4. The molecule has 2 heterocycles. The van der Waals surface area contributed by atoms with Crippen LogP contribution in [0, 0.1) is 22.7 Å². The summed E-state index contributed by atoms with van der Waals surface area (Å²) >= 11 is 0. The number of aromatic nitrogens is 1. The second-order valence-corrected chi connectivity index (χ2v) is 11.7.